The lowest BCUT2D eigenvalue weighted by molar-refractivity contribution is 0.103. The highest BCUT2D eigenvalue weighted by molar-refractivity contribution is 6.30. The zero-order valence-corrected chi connectivity index (χ0v) is 16.6. The molecule has 0 radical (unpaired) electrons. The summed E-state index contributed by atoms with van der Waals surface area (Å²) < 4.78 is 14.0. The van der Waals surface area contributed by atoms with Gasteiger partial charge in [0, 0.05) is 42.3 Å². The summed E-state index contributed by atoms with van der Waals surface area (Å²) in [6, 6.07) is 13.6. The first kappa shape index (κ1) is 18.7. The number of benzene rings is 2. The quantitative estimate of drug-likeness (QED) is 0.846. The van der Waals surface area contributed by atoms with E-state index in [1.54, 1.807) is 12.1 Å². The van der Waals surface area contributed by atoms with Gasteiger partial charge in [-0.25, -0.2) is 4.39 Å². The molecule has 1 fully saturated rings. The number of nitrogens with zero attached hydrogens (tertiary/aromatic N) is 2. The van der Waals surface area contributed by atoms with Crippen LogP contribution in [0.25, 0.3) is 0 Å². The average Bonchev–Trinajstić information content (AvgIpc) is 2.91. The summed E-state index contributed by atoms with van der Waals surface area (Å²) in [6.07, 6.45) is 3.11. The van der Waals surface area contributed by atoms with Gasteiger partial charge < -0.3 is 10.6 Å². The van der Waals surface area contributed by atoms with Gasteiger partial charge in [0.15, 0.2) is 0 Å². The molecule has 2 heterocycles. The van der Waals surface area contributed by atoms with Crippen molar-refractivity contribution in [1.29, 1.82) is 0 Å². The van der Waals surface area contributed by atoms with Crippen molar-refractivity contribution in [3.05, 3.63) is 64.4 Å². The van der Waals surface area contributed by atoms with Crippen LogP contribution < -0.4 is 10.6 Å². The third-order valence-electron chi connectivity index (χ3n) is 6.22. The van der Waals surface area contributed by atoms with Crippen LogP contribution in [0.1, 0.15) is 36.4 Å². The van der Waals surface area contributed by atoms with Crippen molar-refractivity contribution in [1.82, 2.24) is 4.90 Å². The van der Waals surface area contributed by atoms with Crippen molar-refractivity contribution in [2.24, 2.45) is 5.73 Å². The molecular formula is C22H27ClFN3. The Bertz CT molecular complexity index is 810. The summed E-state index contributed by atoms with van der Waals surface area (Å²) >= 11 is 6.09. The average molecular weight is 388 g/mol. The molecule has 0 aliphatic carbocycles. The highest BCUT2D eigenvalue weighted by Gasteiger charge is 2.45. The first-order chi connectivity index (χ1) is 13.0. The fourth-order valence-corrected chi connectivity index (χ4v) is 5.20. The molecule has 0 saturated carbocycles. The molecule has 5 heteroatoms. The van der Waals surface area contributed by atoms with Crippen molar-refractivity contribution in [3.63, 3.8) is 0 Å². The van der Waals surface area contributed by atoms with E-state index in [-0.39, 0.29) is 17.3 Å². The van der Waals surface area contributed by atoms with E-state index in [4.69, 9.17) is 17.3 Å². The van der Waals surface area contributed by atoms with Crippen LogP contribution in [-0.2, 0) is 5.41 Å². The van der Waals surface area contributed by atoms with Crippen LogP contribution in [0, 0.1) is 5.82 Å². The van der Waals surface area contributed by atoms with E-state index in [0.717, 1.165) is 49.5 Å². The van der Waals surface area contributed by atoms with E-state index in [0.29, 0.717) is 6.54 Å². The Hall–Kier alpha value is -1.62. The highest BCUT2D eigenvalue weighted by atomic mass is 35.5. The van der Waals surface area contributed by atoms with Gasteiger partial charge in [0.05, 0.1) is 0 Å². The number of piperidine rings is 1. The third-order valence-corrected chi connectivity index (χ3v) is 6.48. The molecule has 1 spiro atoms. The predicted octanol–water partition coefficient (Wildman–Crippen LogP) is 4.35. The van der Waals surface area contributed by atoms with Crippen molar-refractivity contribution in [3.8, 4) is 0 Å². The minimum Gasteiger partial charge on any atom is -0.373 e. The number of anilines is 1. The molecule has 2 aromatic carbocycles. The zero-order valence-electron chi connectivity index (χ0n) is 15.8. The standard InChI is InChI=1S/C22H27ClFN3/c1-26-14-22(19-13-18(24)7-8-21(19)26)10-2-12-27(15-22)20(9-11-25)16-3-5-17(23)6-4-16/h3-8,13,20H,2,9-12,14-15,25H2,1H3/t20-,22-/m0/s1. The maximum absolute atomic E-state index is 14.0. The van der Waals surface area contributed by atoms with Crippen molar-refractivity contribution in [2.75, 3.05) is 38.1 Å². The topological polar surface area (TPSA) is 32.5 Å². The molecule has 2 aromatic rings. The second-order valence-electron chi connectivity index (χ2n) is 8.02. The Balaban J connectivity index is 1.66. The molecule has 2 N–H and O–H groups in total. The first-order valence-electron chi connectivity index (χ1n) is 9.73. The molecule has 3 nitrogen and oxygen atoms in total. The third kappa shape index (κ3) is 3.46. The molecule has 0 aromatic heterocycles. The number of likely N-dealkylation sites (tertiary alicyclic amines) is 1. The molecule has 1 saturated heterocycles. The largest absolute Gasteiger partial charge is 0.373 e. The second kappa shape index (κ2) is 7.42. The lowest BCUT2D eigenvalue weighted by Crippen LogP contribution is -2.49. The van der Waals surface area contributed by atoms with Gasteiger partial charge in [-0.1, -0.05) is 23.7 Å². The van der Waals surface area contributed by atoms with Crippen LogP contribution in [0.3, 0.4) is 0 Å². The Morgan fingerprint density at radius 2 is 1.96 bits per heavy atom. The summed E-state index contributed by atoms with van der Waals surface area (Å²) in [5, 5.41) is 0.752. The first-order valence-corrected chi connectivity index (χ1v) is 10.1. The maximum atomic E-state index is 14.0. The smallest absolute Gasteiger partial charge is 0.123 e. The Kier molecular flexibility index (Phi) is 5.15. The normalized spacial score (nSPS) is 23.6. The molecular weight excluding hydrogens is 361 g/mol. The number of rotatable bonds is 4. The number of hydrogen-bond donors (Lipinski definition) is 1. The van der Waals surface area contributed by atoms with Gasteiger partial charge in [-0.15, -0.1) is 0 Å². The molecule has 0 amide bonds. The lowest BCUT2D eigenvalue weighted by Gasteiger charge is -2.44. The summed E-state index contributed by atoms with van der Waals surface area (Å²) in [4.78, 5) is 4.83. The monoisotopic (exact) mass is 387 g/mol. The van der Waals surface area contributed by atoms with Gasteiger partial charge in [-0.2, -0.15) is 0 Å². The zero-order chi connectivity index (χ0) is 19.0. The Morgan fingerprint density at radius 1 is 1.19 bits per heavy atom. The van der Waals surface area contributed by atoms with Crippen LogP contribution in [0.4, 0.5) is 10.1 Å². The molecule has 27 heavy (non-hydrogen) atoms. The maximum Gasteiger partial charge on any atom is 0.123 e. The SMILES string of the molecule is CN1C[C@]2(CCCN([C@@H](CCN)c3ccc(Cl)cc3)C2)c2cc(F)ccc21. The van der Waals surface area contributed by atoms with E-state index in [1.807, 2.05) is 18.2 Å². The van der Waals surface area contributed by atoms with E-state index < -0.39 is 0 Å². The molecule has 0 bridgehead atoms. The summed E-state index contributed by atoms with van der Waals surface area (Å²) in [5.74, 6) is -0.142. The van der Waals surface area contributed by atoms with Gasteiger partial charge >= 0.3 is 0 Å². The molecule has 2 aliphatic rings. The molecule has 144 valence electrons. The molecule has 2 atom stereocenters. The number of hydrogen-bond acceptors (Lipinski definition) is 3. The Labute approximate surface area is 165 Å². The predicted molar refractivity (Wildman–Crippen MR) is 110 cm³/mol. The van der Waals surface area contributed by atoms with Gasteiger partial charge in [0.2, 0.25) is 0 Å². The van der Waals surface area contributed by atoms with Gasteiger partial charge in [0.25, 0.3) is 0 Å². The van der Waals surface area contributed by atoms with Gasteiger partial charge in [-0.3, -0.25) is 4.90 Å². The van der Waals surface area contributed by atoms with E-state index in [2.05, 4.69) is 29.0 Å². The van der Waals surface area contributed by atoms with Gasteiger partial charge in [0.1, 0.15) is 5.82 Å². The van der Waals surface area contributed by atoms with Crippen molar-refractivity contribution >= 4 is 17.3 Å². The summed E-state index contributed by atoms with van der Waals surface area (Å²) in [5.41, 5.74) is 9.53. The van der Waals surface area contributed by atoms with Crippen LogP contribution in [0.15, 0.2) is 42.5 Å². The Morgan fingerprint density at radius 3 is 2.70 bits per heavy atom. The number of nitrogens with two attached hydrogens (primary N) is 1. The lowest BCUT2D eigenvalue weighted by atomic mass is 9.75. The van der Waals surface area contributed by atoms with Crippen molar-refractivity contribution < 1.29 is 4.39 Å². The van der Waals surface area contributed by atoms with E-state index in [9.17, 15) is 4.39 Å². The minimum absolute atomic E-state index is 0.0102. The molecule has 4 rings (SSSR count). The molecule has 2 aliphatic heterocycles. The number of likely N-dealkylation sites (N-methyl/N-ethyl adjacent to an activating group) is 1. The minimum atomic E-state index is -0.142. The summed E-state index contributed by atoms with van der Waals surface area (Å²) in [7, 11) is 2.11. The van der Waals surface area contributed by atoms with Crippen molar-refractivity contribution in [2.45, 2.75) is 30.7 Å². The van der Waals surface area contributed by atoms with Crippen LogP contribution in [-0.4, -0.2) is 38.1 Å². The van der Waals surface area contributed by atoms with E-state index >= 15 is 0 Å². The molecule has 0 unspecified atom stereocenters. The number of fused-ring (bicyclic) bond motifs is 2. The van der Waals surface area contributed by atoms with Gasteiger partial charge in [-0.05, 0) is 73.8 Å². The second-order valence-corrected chi connectivity index (χ2v) is 8.45. The fourth-order valence-electron chi connectivity index (χ4n) is 5.08. The van der Waals surface area contributed by atoms with Crippen LogP contribution >= 0.6 is 11.6 Å². The van der Waals surface area contributed by atoms with E-state index in [1.165, 1.54) is 11.3 Å². The number of halogens is 2. The summed E-state index contributed by atoms with van der Waals surface area (Å²) in [6.45, 7) is 3.56. The highest BCUT2D eigenvalue weighted by Crippen LogP contribution is 2.47. The fraction of sp³-hybridized carbons (Fsp3) is 0.455. The van der Waals surface area contributed by atoms with Crippen LogP contribution in [0.2, 0.25) is 5.02 Å². The van der Waals surface area contributed by atoms with Crippen LogP contribution in [0.5, 0.6) is 0 Å².